The van der Waals surface area contributed by atoms with Crippen molar-refractivity contribution in [2.24, 2.45) is 11.3 Å². The number of carbonyl (C=O) groups excluding carboxylic acids is 5. The zero-order valence-corrected chi connectivity index (χ0v) is 20.3. The third-order valence-electron chi connectivity index (χ3n) is 7.29. The van der Waals surface area contributed by atoms with Crippen molar-refractivity contribution in [2.75, 3.05) is 32.7 Å². The molecule has 33 heavy (non-hydrogen) atoms. The molecule has 5 amide bonds. The van der Waals surface area contributed by atoms with Crippen LogP contribution < -0.4 is 5.32 Å². The fourth-order valence-electron chi connectivity index (χ4n) is 5.05. The Hall–Kier alpha value is -2.65. The van der Waals surface area contributed by atoms with E-state index in [4.69, 9.17) is 4.74 Å². The maximum Gasteiger partial charge on any atom is 0.327 e. The number of hydrogen-bond acceptors (Lipinski definition) is 6. The average Bonchev–Trinajstić information content (AvgIpc) is 2.96. The van der Waals surface area contributed by atoms with Gasteiger partial charge in [0.15, 0.2) is 6.10 Å². The normalized spacial score (nSPS) is 26.9. The summed E-state index contributed by atoms with van der Waals surface area (Å²) in [6, 6.07) is -0.592. The van der Waals surface area contributed by atoms with Crippen LogP contribution in [0.1, 0.15) is 60.3 Å². The third-order valence-corrected chi connectivity index (χ3v) is 7.29. The number of hydrogen-bond donors (Lipinski definition) is 1. The van der Waals surface area contributed by atoms with Crippen molar-refractivity contribution < 1.29 is 28.7 Å². The van der Waals surface area contributed by atoms with Gasteiger partial charge in [-0.05, 0) is 43.9 Å². The summed E-state index contributed by atoms with van der Waals surface area (Å²) in [6.07, 6.45) is 1.71. The second kappa shape index (κ2) is 9.30. The van der Waals surface area contributed by atoms with E-state index in [2.05, 4.69) is 26.1 Å². The Morgan fingerprint density at radius 2 is 1.61 bits per heavy atom. The van der Waals surface area contributed by atoms with Crippen LogP contribution in [0.4, 0.5) is 4.79 Å². The van der Waals surface area contributed by atoms with Gasteiger partial charge in [-0.25, -0.2) is 4.79 Å². The highest BCUT2D eigenvalue weighted by molar-refractivity contribution is 6.08. The van der Waals surface area contributed by atoms with Crippen LogP contribution in [0.3, 0.4) is 0 Å². The van der Waals surface area contributed by atoms with Crippen LogP contribution in [0.25, 0.3) is 0 Å². The molecule has 184 valence electrons. The molecule has 2 aliphatic heterocycles. The van der Waals surface area contributed by atoms with Crippen LogP contribution in [-0.2, 0) is 23.9 Å². The second-order valence-electron chi connectivity index (χ2n) is 10.5. The molecule has 0 bridgehead atoms. The number of amides is 5. The van der Waals surface area contributed by atoms with E-state index in [1.165, 1.54) is 13.8 Å². The Labute approximate surface area is 195 Å². The number of ether oxygens (including phenoxy) is 1. The highest BCUT2D eigenvalue weighted by Crippen LogP contribution is 2.43. The van der Waals surface area contributed by atoms with Crippen LogP contribution >= 0.6 is 0 Å². The van der Waals surface area contributed by atoms with Crippen LogP contribution in [0, 0.1) is 11.3 Å². The Balaban J connectivity index is 1.52. The number of nitrogens with zero attached hydrogens (tertiary/aromatic N) is 3. The van der Waals surface area contributed by atoms with E-state index < -0.39 is 36.1 Å². The lowest BCUT2D eigenvalue weighted by Gasteiger charge is -2.40. The van der Waals surface area contributed by atoms with Crippen molar-refractivity contribution in [1.29, 1.82) is 0 Å². The summed E-state index contributed by atoms with van der Waals surface area (Å²) in [7, 11) is 0. The molecule has 10 heteroatoms. The molecule has 10 nitrogen and oxygen atoms in total. The van der Waals surface area contributed by atoms with Gasteiger partial charge in [-0.15, -0.1) is 0 Å². The molecule has 1 saturated carbocycles. The Morgan fingerprint density at radius 3 is 2.12 bits per heavy atom. The van der Waals surface area contributed by atoms with Gasteiger partial charge in [0.1, 0.15) is 12.1 Å². The molecular formula is C23H36N4O6. The quantitative estimate of drug-likeness (QED) is 0.493. The van der Waals surface area contributed by atoms with Crippen molar-refractivity contribution in [3.63, 3.8) is 0 Å². The number of urea groups is 1. The Morgan fingerprint density at radius 1 is 1.06 bits per heavy atom. The maximum absolute atomic E-state index is 13.1. The maximum atomic E-state index is 13.1. The molecule has 1 N–H and O–H groups in total. The largest absolute Gasteiger partial charge is 0.451 e. The smallest absolute Gasteiger partial charge is 0.327 e. The van der Waals surface area contributed by atoms with Crippen molar-refractivity contribution in [3.8, 4) is 0 Å². The molecule has 3 aliphatic rings. The van der Waals surface area contributed by atoms with Gasteiger partial charge in [0.25, 0.3) is 11.8 Å². The number of rotatable bonds is 4. The van der Waals surface area contributed by atoms with E-state index in [1.54, 1.807) is 9.80 Å². The molecule has 3 rings (SSSR count). The first-order valence-corrected chi connectivity index (χ1v) is 11.7. The predicted octanol–water partition coefficient (Wildman–Crippen LogP) is 1.14. The highest BCUT2D eigenvalue weighted by Gasteiger charge is 2.53. The fraction of sp³-hybridized carbons (Fsp3) is 0.783. The summed E-state index contributed by atoms with van der Waals surface area (Å²) in [4.78, 5) is 66.2. The topological polar surface area (TPSA) is 116 Å². The van der Waals surface area contributed by atoms with Gasteiger partial charge in [0.05, 0.1) is 0 Å². The van der Waals surface area contributed by atoms with E-state index in [9.17, 15) is 24.0 Å². The number of nitrogens with one attached hydrogen (secondary N) is 1. The zero-order valence-electron chi connectivity index (χ0n) is 20.3. The van der Waals surface area contributed by atoms with Crippen molar-refractivity contribution >= 4 is 29.7 Å². The first-order valence-electron chi connectivity index (χ1n) is 11.7. The summed E-state index contributed by atoms with van der Waals surface area (Å²) < 4.78 is 5.25. The van der Waals surface area contributed by atoms with Gasteiger partial charge in [-0.2, -0.15) is 0 Å². The summed E-state index contributed by atoms with van der Waals surface area (Å²) in [5.41, 5.74) is -0.810. The van der Waals surface area contributed by atoms with Crippen molar-refractivity contribution in [2.45, 2.75) is 71.9 Å². The fourth-order valence-corrected chi connectivity index (χ4v) is 5.05. The molecule has 0 aromatic heterocycles. The minimum atomic E-state index is -1.04. The summed E-state index contributed by atoms with van der Waals surface area (Å²) >= 11 is 0. The molecule has 0 aromatic carbocycles. The van der Waals surface area contributed by atoms with E-state index in [-0.39, 0.29) is 17.2 Å². The monoisotopic (exact) mass is 464 g/mol. The lowest BCUT2D eigenvalue weighted by Crippen LogP contribution is -2.53. The van der Waals surface area contributed by atoms with E-state index in [0.29, 0.717) is 44.9 Å². The van der Waals surface area contributed by atoms with E-state index in [1.807, 2.05) is 0 Å². The first kappa shape index (κ1) is 25.0. The lowest BCUT2D eigenvalue weighted by atomic mass is 9.67. The number of carbonyl (C=O) groups is 5. The van der Waals surface area contributed by atoms with Crippen LogP contribution in [-0.4, -0.2) is 88.8 Å². The second-order valence-corrected chi connectivity index (χ2v) is 10.5. The van der Waals surface area contributed by atoms with Gasteiger partial charge in [-0.1, -0.05) is 20.8 Å². The molecule has 2 heterocycles. The number of piperazine rings is 1. The molecule has 0 radical (unpaired) electrons. The molecule has 1 aliphatic carbocycles. The zero-order chi connectivity index (χ0) is 24.6. The summed E-state index contributed by atoms with van der Waals surface area (Å²) in [5.74, 6) is -1.13. The average molecular weight is 465 g/mol. The van der Waals surface area contributed by atoms with Gasteiger partial charge in [-0.3, -0.25) is 24.1 Å². The van der Waals surface area contributed by atoms with Gasteiger partial charge >= 0.3 is 12.0 Å². The van der Waals surface area contributed by atoms with Crippen LogP contribution in [0.15, 0.2) is 0 Å². The first-order chi connectivity index (χ1) is 15.3. The molecule has 1 spiro atoms. The molecular weight excluding hydrogens is 428 g/mol. The van der Waals surface area contributed by atoms with Crippen molar-refractivity contribution in [3.05, 3.63) is 0 Å². The van der Waals surface area contributed by atoms with Gasteiger partial charge in [0.2, 0.25) is 5.91 Å². The molecule has 1 unspecified atom stereocenters. The Kier molecular flexibility index (Phi) is 7.04. The van der Waals surface area contributed by atoms with E-state index >= 15 is 0 Å². The van der Waals surface area contributed by atoms with Crippen LogP contribution in [0.5, 0.6) is 0 Å². The third kappa shape index (κ3) is 5.30. The molecule has 3 fully saturated rings. The standard InChI is InChI=1S/C23H36N4O6/c1-15(19(30)26-12-10-25(11-13-26)16(2)28)33-18(29)14-27-20(31)23(24-21(27)32)8-6-17(7-9-23)22(3,4)5/h15,17H,6-14H2,1-5H3,(H,24,32). The summed E-state index contributed by atoms with van der Waals surface area (Å²) in [6.45, 7) is 10.6. The lowest BCUT2D eigenvalue weighted by molar-refractivity contribution is -0.161. The SMILES string of the molecule is CC(=O)N1CCN(C(=O)C(C)OC(=O)CN2C(=O)NC3(CCC(C(C)(C)C)CC3)C2=O)CC1. The number of esters is 1. The highest BCUT2D eigenvalue weighted by atomic mass is 16.5. The van der Waals surface area contributed by atoms with Gasteiger partial charge < -0.3 is 19.9 Å². The number of imide groups is 1. The Bertz CT molecular complexity index is 819. The predicted molar refractivity (Wildman–Crippen MR) is 119 cm³/mol. The molecule has 2 saturated heterocycles. The van der Waals surface area contributed by atoms with Gasteiger partial charge in [0, 0.05) is 33.1 Å². The molecule has 0 aromatic rings. The van der Waals surface area contributed by atoms with E-state index in [0.717, 1.165) is 17.7 Å². The minimum Gasteiger partial charge on any atom is -0.451 e. The summed E-state index contributed by atoms with van der Waals surface area (Å²) in [5, 5.41) is 2.81. The minimum absolute atomic E-state index is 0.0419. The molecule has 1 atom stereocenters. The van der Waals surface area contributed by atoms with Crippen molar-refractivity contribution in [1.82, 2.24) is 20.0 Å². The van der Waals surface area contributed by atoms with Crippen LogP contribution in [0.2, 0.25) is 0 Å².